The van der Waals surface area contributed by atoms with Gasteiger partial charge in [-0.1, -0.05) is 11.6 Å². The van der Waals surface area contributed by atoms with Gasteiger partial charge >= 0.3 is 5.97 Å². The Kier molecular flexibility index (Phi) is 5.55. The molecule has 2 atom stereocenters. The first-order valence-corrected chi connectivity index (χ1v) is 7.47. The third kappa shape index (κ3) is 4.62. The summed E-state index contributed by atoms with van der Waals surface area (Å²) in [6.07, 6.45) is 2.30. The molecule has 0 aromatic carbocycles. The van der Waals surface area contributed by atoms with E-state index in [-0.39, 0.29) is 22.6 Å². The molecule has 1 aromatic rings. The summed E-state index contributed by atoms with van der Waals surface area (Å²) >= 11 is 5.74. The zero-order chi connectivity index (χ0) is 13.7. The van der Waals surface area contributed by atoms with Gasteiger partial charge in [-0.05, 0) is 25.5 Å². The molecular formula is C11H15ClN2O3S. The van der Waals surface area contributed by atoms with Crippen LogP contribution in [-0.4, -0.2) is 38.3 Å². The fourth-order valence-corrected chi connectivity index (χ4v) is 2.20. The minimum absolute atomic E-state index is 0.0297. The number of hydrogen-bond acceptors (Lipinski definition) is 4. The van der Waals surface area contributed by atoms with Gasteiger partial charge in [0, 0.05) is 28.9 Å². The van der Waals surface area contributed by atoms with E-state index in [0.29, 0.717) is 12.2 Å². The van der Waals surface area contributed by atoms with Gasteiger partial charge in [-0.3, -0.25) is 4.21 Å². The van der Waals surface area contributed by atoms with Gasteiger partial charge in [-0.2, -0.15) is 0 Å². The van der Waals surface area contributed by atoms with Crippen LogP contribution in [0.5, 0.6) is 0 Å². The maximum atomic E-state index is 11.0. The molecule has 0 saturated carbocycles. The van der Waals surface area contributed by atoms with Crippen molar-refractivity contribution in [2.45, 2.75) is 19.4 Å². The van der Waals surface area contributed by atoms with Gasteiger partial charge in [0.15, 0.2) is 0 Å². The number of nitrogens with zero attached hydrogens (tertiary/aromatic N) is 1. The van der Waals surface area contributed by atoms with E-state index in [1.807, 2.05) is 6.92 Å². The van der Waals surface area contributed by atoms with Crippen molar-refractivity contribution >= 4 is 34.2 Å². The van der Waals surface area contributed by atoms with Crippen molar-refractivity contribution in [1.29, 1.82) is 0 Å². The molecule has 0 radical (unpaired) electrons. The van der Waals surface area contributed by atoms with Gasteiger partial charge < -0.3 is 10.4 Å². The first-order chi connectivity index (χ1) is 8.40. The van der Waals surface area contributed by atoms with Crippen LogP contribution < -0.4 is 5.32 Å². The topological polar surface area (TPSA) is 79.3 Å². The second kappa shape index (κ2) is 6.70. The quantitative estimate of drug-likeness (QED) is 0.784. The second-order valence-corrected chi connectivity index (χ2v) is 5.89. The fraction of sp³-hybridized carbons (Fsp3) is 0.455. The summed E-state index contributed by atoms with van der Waals surface area (Å²) in [6, 6.07) is 2.81. The lowest BCUT2D eigenvalue weighted by molar-refractivity contribution is 0.0697. The second-order valence-electron chi connectivity index (χ2n) is 3.95. The smallest absolute Gasteiger partial charge is 0.339 e. The Morgan fingerprint density at radius 1 is 1.61 bits per heavy atom. The molecule has 0 amide bonds. The van der Waals surface area contributed by atoms with Gasteiger partial charge in [-0.15, -0.1) is 0 Å². The Balaban J connectivity index is 2.79. The Morgan fingerprint density at radius 3 is 2.83 bits per heavy atom. The highest BCUT2D eigenvalue weighted by molar-refractivity contribution is 7.84. The normalized spacial score (nSPS) is 13.9. The Labute approximate surface area is 113 Å². The van der Waals surface area contributed by atoms with Crippen molar-refractivity contribution in [3.63, 3.8) is 0 Å². The molecule has 0 aliphatic heterocycles. The summed E-state index contributed by atoms with van der Waals surface area (Å²) in [5.41, 5.74) is 0.0730. The van der Waals surface area contributed by atoms with Crippen LogP contribution in [0, 0.1) is 0 Å². The van der Waals surface area contributed by atoms with Crippen LogP contribution in [0.25, 0.3) is 0 Å². The van der Waals surface area contributed by atoms with Crippen LogP contribution in [0.15, 0.2) is 12.1 Å². The molecule has 5 nitrogen and oxygen atoms in total. The number of anilines is 1. The van der Waals surface area contributed by atoms with E-state index in [1.54, 1.807) is 6.26 Å². The van der Waals surface area contributed by atoms with Gasteiger partial charge in [-0.25, -0.2) is 9.78 Å². The van der Waals surface area contributed by atoms with Crippen molar-refractivity contribution in [3.8, 4) is 0 Å². The molecule has 2 N–H and O–H groups in total. The highest BCUT2D eigenvalue weighted by atomic mass is 35.5. The number of carboxylic acid groups (broad SMARTS) is 1. The summed E-state index contributed by atoms with van der Waals surface area (Å²) in [5, 5.41) is 12.2. The molecule has 18 heavy (non-hydrogen) atoms. The number of carbonyl (C=O) groups is 1. The van der Waals surface area contributed by atoms with E-state index >= 15 is 0 Å². The third-order valence-electron chi connectivity index (χ3n) is 2.31. The third-order valence-corrected chi connectivity index (χ3v) is 3.33. The molecule has 100 valence electrons. The predicted molar refractivity (Wildman–Crippen MR) is 72.8 cm³/mol. The Hall–Kier alpha value is -1.14. The van der Waals surface area contributed by atoms with E-state index in [0.717, 1.165) is 0 Å². The molecule has 1 rings (SSSR count). The molecule has 1 heterocycles. The first kappa shape index (κ1) is 14.9. The lowest BCUT2D eigenvalue weighted by Crippen LogP contribution is -2.20. The lowest BCUT2D eigenvalue weighted by atomic mass is 10.2. The molecule has 0 aliphatic carbocycles. The van der Waals surface area contributed by atoms with Crippen molar-refractivity contribution in [1.82, 2.24) is 4.98 Å². The molecule has 0 saturated heterocycles. The van der Waals surface area contributed by atoms with E-state index in [1.165, 1.54) is 12.1 Å². The van der Waals surface area contributed by atoms with Gasteiger partial charge in [0.25, 0.3) is 0 Å². The number of aromatic carboxylic acids is 1. The van der Waals surface area contributed by atoms with Crippen LogP contribution >= 0.6 is 11.6 Å². The molecule has 0 spiro atoms. The number of aromatic nitrogens is 1. The van der Waals surface area contributed by atoms with Gasteiger partial charge in [0.2, 0.25) is 0 Å². The lowest BCUT2D eigenvalue weighted by Gasteiger charge is -2.15. The number of hydrogen-bond donors (Lipinski definition) is 2. The van der Waals surface area contributed by atoms with Crippen LogP contribution in [0.1, 0.15) is 23.7 Å². The highest BCUT2D eigenvalue weighted by Crippen LogP contribution is 2.18. The number of carboxylic acids is 1. The SMILES string of the molecule is CC(CCS(C)=O)Nc1nc(Cl)ccc1C(=O)O. The zero-order valence-corrected chi connectivity index (χ0v) is 11.7. The maximum absolute atomic E-state index is 11.0. The molecule has 2 unspecified atom stereocenters. The summed E-state index contributed by atoms with van der Waals surface area (Å²) in [6.45, 7) is 1.88. The van der Waals surface area contributed by atoms with E-state index in [9.17, 15) is 9.00 Å². The number of nitrogens with one attached hydrogen (secondary N) is 1. The van der Waals surface area contributed by atoms with Crippen molar-refractivity contribution < 1.29 is 14.1 Å². The Bertz CT molecular complexity index is 468. The fourth-order valence-electron chi connectivity index (χ4n) is 1.37. The van der Waals surface area contributed by atoms with E-state index < -0.39 is 16.8 Å². The van der Waals surface area contributed by atoms with Crippen molar-refractivity contribution in [2.24, 2.45) is 0 Å². The average molecular weight is 291 g/mol. The van der Waals surface area contributed by atoms with E-state index in [2.05, 4.69) is 10.3 Å². The maximum Gasteiger partial charge on any atom is 0.339 e. The largest absolute Gasteiger partial charge is 0.478 e. The minimum Gasteiger partial charge on any atom is -0.478 e. The van der Waals surface area contributed by atoms with Crippen molar-refractivity contribution in [3.05, 3.63) is 22.8 Å². The van der Waals surface area contributed by atoms with Crippen LogP contribution in [0.2, 0.25) is 5.15 Å². The number of pyridine rings is 1. The predicted octanol–water partition coefficient (Wildman–Crippen LogP) is 2.00. The molecule has 0 bridgehead atoms. The number of halogens is 1. The van der Waals surface area contributed by atoms with Crippen LogP contribution in [0.4, 0.5) is 5.82 Å². The van der Waals surface area contributed by atoms with Crippen LogP contribution in [-0.2, 0) is 10.8 Å². The monoisotopic (exact) mass is 290 g/mol. The molecule has 0 fully saturated rings. The summed E-state index contributed by atoms with van der Waals surface area (Å²) in [7, 11) is -0.865. The van der Waals surface area contributed by atoms with Crippen LogP contribution in [0.3, 0.4) is 0 Å². The molecular weight excluding hydrogens is 276 g/mol. The summed E-state index contributed by atoms with van der Waals surface area (Å²) in [5.74, 6) is -0.269. The molecule has 7 heteroatoms. The standard InChI is InChI=1S/C11H15ClN2O3S/c1-7(5-6-18(2)17)13-10-8(11(15)16)3-4-9(12)14-10/h3-4,7H,5-6H2,1-2H3,(H,13,14)(H,15,16). The summed E-state index contributed by atoms with van der Waals surface area (Å²) < 4.78 is 11.0. The van der Waals surface area contributed by atoms with Gasteiger partial charge in [0.1, 0.15) is 16.5 Å². The first-order valence-electron chi connectivity index (χ1n) is 5.36. The zero-order valence-electron chi connectivity index (χ0n) is 10.1. The van der Waals surface area contributed by atoms with Crippen molar-refractivity contribution in [2.75, 3.05) is 17.3 Å². The highest BCUT2D eigenvalue weighted by Gasteiger charge is 2.14. The van der Waals surface area contributed by atoms with Gasteiger partial charge in [0.05, 0.1) is 0 Å². The summed E-state index contributed by atoms with van der Waals surface area (Å²) in [4.78, 5) is 15.0. The minimum atomic E-state index is -1.06. The number of rotatable bonds is 6. The molecule has 0 aliphatic rings. The molecule has 1 aromatic heterocycles. The average Bonchev–Trinajstić information content (AvgIpc) is 2.26. The van der Waals surface area contributed by atoms with E-state index in [4.69, 9.17) is 16.7 Å². The Morgan fingerprint density at radius 2 is 2.28 bits per heavy atom.